The summed E-state index contributed by atoms with van der Waals surface area (Å²) in [5.74, 6) is 1.64. The lowest BCUT2D eigenvalue weighted by Gasteiger charge is -2.44. The van der Waals surface area contributed by atoms with Crippen molar-refractivity contribution in [1.82, 2.24) is 10.3 Å². The Balaban J connectivity index is 2.07. The van der Waals surface area contributed by atoms with E-state index in [1.165, 1.54) is 24.3 Å². The molecule has 3 unspecified atom stereocenters. The minimum absolute atomic E-state index is 0.338. The van der Waals surface area contributed by atoms with Crippen LogP contribution in [0.1, 0.15) is 52.0 Å². The third-order valence-corrected chi connectivity index (χ3v) is 5.45. The number of nitrogens with one attached hydrogen (secondary N) is 1. The van der Waals surface area contributed by atoms with Gasteiger partial charge < -0.3 is 5.32 Å². The number of hydrogen-bond acceptors (Lipinski definition) is 3. The molecule has 0 amide bonds. The van der Waals surface area contributed by atoms with Crippen LogP contribution in [0.5, 0.6) is 0 Å². The van der Waals surface area contributed by atoms with Crippen molar-refractivity contribution in [3.63, 3.8) is 0 Å². The van der Waals surface area contributed by atoms with Crippen LogP contribution in [0.4, 0.5) is 0 Å². The highest BCUT2D eigenvalue weighted by molar-refractivity contribution is 7.09. The van der Waals surface area contributed by atoms with E-state index < -0.39 is 0 Å². The zero-order valence-corrected chi connectivity index (χ0v) is 13.6. The van der Waals surface area contributed by atoms with E-state index in [1.54, 1.807) is 11.3 Å². The highest BCUT2D eigenvalue weighted by Crippen LogP contribution is 2.42. The van der Waals surface area contributed by atoms with Gasteiger partial charge in [0.15, 0.2) is 0 Å². The van der Waals surface area contributed by atoms with Crippen LogP contribution >= 0.6 is 11.3 Å². The van der Waals surface area contributed by atoms with Gasteiger partial charge in [-0.05, 0) is 36.6 Å². The summed E-state index contributed by atoms with van der Waals surface area (Å²) >= 11 is 1.80. The van der Waals surface area contributed by atoms with Gasteiger partial charge in [0.2, 0.25) is 0 Å². The van der Waals surface area contributed by atoms with E-state index in [-0.39, 0.29) is 0 Å². The Morgan fingerprint density at radius 1 is 1.42 bits per heavy atom. The lowest BCUT2D eigenvalue weighted by atomic mass is 9.65. The summed E-state index contributed by atoms with van der Waals surface area (Å²) < 4.78 is 0. The van der Waals surface area contributed by atoms with Crippen LogP contribution in [0.3, 0.4) is 0 Å². The maximum Gasteiger partial charge on any atom is 0.0930 e. The van der Waals surface area contributed by atoms with Gasteiger partial charge in [-0.3, -0.25) is 0 Å². The second-order valence-corrected chi connectivity index (χ2v) is 7.76. The Labute approximate surface area is 122 Å². The third-order valence-electron chi connectivity index (χ3n) is 4.67. The first-order valence-corrected chi connectivity index (χ1v) is 8.52. The van der Waals surface area contributed by atoms with Crippen LogP contribution in [-0.4, -0.2) is 17.6 Å². The molecule has 1 heterocycles. The normalized spacial score (nSPS) is 28.5. The first-order chi connectivity index (χ1) is 9.03. The molecule has 0 aliphatic heterocycles. The average molecular weight is 280 g/mol. The molecule has 0 saturated heterocycles. The van der Waals surface area contributed by atoms with Gasteiger partial charge in [0.25, 0.3) is 0 Å². The molecule has 1 aromatic heterocycles. The van der Waals surface area contributed by atoms with Gasteiger partial charge in [0, 0.05) is 24.0 Å². The van der Waals surface area contributed by atoms with Crippen LogP contribution in [0.25, 0.3) is 0 Å². The predicted molar refractivity (Wildman–Crippen MR) is 83.6 cm³/mol. The monoisotopic (exact) mass is 280 g/mol. The number of thiazole rings is 1. The van der Waals surface area contributed by atoms with Crippen molar-refractivity contribution < 1.29 is 0 Å². The maximum absolute atomic E-state index is 4.48. The first-order valence-electron chi connectivity index (χ1n) is 7.64. The number of aromatic nitrogens is 1. The summed E-state index contributed by atoms with van der Waals surface area (Å²) in [4.78, 5) is 4.48. The fourth-order valence-electron chi connectivity index (χ4n) is 3.67. The fraction of sp³-hybridized carbons (Fsp3) is 0.812. The minimum Gasteiger partial charge on any atom is -0.314 e. The summed E-state index contributed by atoms with van der Waals surface area (Å²) in [5.41, 5.74) is 0.338. The fourth-order valence-corrected chi connectivity index (χ4v) is 4.52. The highest BCUT2D eigenvalue weighted by atomic mass is 32.1. The topological polar surface area (TPSA) is 24.9 Å². The van der Waals surface area contributed by atoms with Crippen molar-refractivity contribution in [1.29, 1.82) is 0 Å². The molecule has 0 bridgehead atoms. The molecule has 1 aliphatic rings. The molecule has 1 fully saturated rings. The zero-order valence-electron chi connectivity index (χ0n) is 12.8. The summed E-state index contributed by atoms with van der Waals surface area (Å²) in [6.45, 7) is 10.6. The Morgan fingerprint density at radius 3 is 2.84 bits per heavy atom. The Hall–Kier alpha value is -0.410. The lowest BCUT2D eigenvalue weighted by molar-refractivity contribution is 0.0949. The van der Waals surface area contributed by atoms with Gasteiger partial charge in [0.1, 0.15) is 0 Å². The van der Waals surface area contributed by atoms with E-state index in [4.69, 9.17) is 0 Å². The molecule has 2 rings (SSSR count). The molecule has 3 heteroatoms. The van der Waals surface area contributed by atoms with Crippen LogP contribution in [0.15, 0.2) is 11.6 Å². The molecule has 2 nitrogen and oxygen atoms in total. The van der Waals surface area contributed by atoms with Gasteiger partial charge in [-0.15, -0.1) is 11.3 Å². The van der Waals surface area contributed by atoms with Crippen LogP contribution in [0, 0.1) is 17.3 Å². The SMILES string of the molecule is CCNC1CC(C)CCC1C(C)(C)Cc1nccs1. The summed E-state index contributed by atoms with van der Waals surface area (Å²) in [6, 6.07) is 0.684. The highest BCUT2D eigenvalue weighted by Gasteiger charge is 2.38. The van der Waals surface area contributed by atoms with E-state index in [0.29, 0.717) is 11.5 Å². The Morgan fingerprint density at radius 2 is 2.21 bits per heavy atom. The molecule has 1 aliphatic carbocycles. The van der Waals surface area contributed by atoms with Gasteiger partial charge in [-0.1, -0.05) is 34.1 Å². The molecule has 1 N–H and O–H groups in total. The minimum atomic E-state index is 0.338. The third kappa shape index (κ3) is 3.79. The van der Waals surface area contributed by atoms with E-state index >= 15 is 0 Å². The maximum atomic E-state index is 4.48. The molecule has 108 valence electrons. The second kappa shape index (κ2) is 6.36. The van der Waals surface area contributed by atoms with Gasteiger partial charge in [-0.25, -0.2) is 4.98 Å². The van der Waals surface area contributed by atoms with Crippen LogP contribution in [0.2, 0.25) is 0 Å². The first kappa shape index (κ1) is 15.0. The van der Waals surface area contributed by atoms with Crippen molar-refractivity contribution in [2.75, 3.05) is 6.54 Å². The molecule has 1 aromatic rings. The Bertz CT molecular complexity index is 372. The molecule has 0 spiro atoms. The van der Waals surface area contributed by atoms with E-state index in [9.17, 15) is 0 Å². The molecule has 19 heavy (non-hydrogen) atoms. The molecule has 0 radical (unpaired) electrons. The van der Waals surface area contributed by atoms with Crippen LogP contribution in [-0.2, 0) is 6.42 Å². The van der Waals surface area contributed by atoms with Crippen molar-refractivity contribution in [2.24, 2.45) is 17.3 Å². The standard InChI is InChI=1S/C16H28N2S/c1-5-17-14-10-12(2)6-7-13(14)16(3,4)11-15-18-8-9-19-15/h8-9,12-14,17H,5-7,10-11H2,1-4H3. The summed E-state index contributed by atoms with van der Waals surface area (Å²) in [6.07, 6.45) is 7.12. The average Bonchev–Trinajstić information content (AvgIpc) is 2.81. The zero-order chi connectivity index (χ0) is 13.9. The number of nitrogens with zero attached hydrogens (tertiary/aromatic N) is 1. The molecular formula is C16H28N2S. The molecular weight excluding hydrogens is 252 g/mol. The molecule has 3 atom stereocenters. The van der Waals surface area contributed by atoms with Crippen molar-refractivity contribution in [2.45, 2.75) is 59.4 Å². The van der Waals surface area contributed by atoms with Crippen molar-refractivity contribution >= 4 is 11.3 Å². The Kier molecular flexibility index (Phi) is 5.02. The van der Waals surface area contributed by atoms with Crippen LogP contribution < -0.4 is 5.32 Å². The number of hydrogen-bond donors (Lipinski definition) is 1. The lowest BCUT2D eigenvalue weighted by Crippen LogP contribution is -2.47. The van der Waals surface area contributed by atoms with E-state index in [1.807, 2.05) is 6.20 Å². The second-order valence-electron chi connectivity index (χ2n) is 6.78. The molecule has 0 aromatic carbocycles. The van der Waals surface area contributed by atoms with Crippen molar-refractivity contribution in [3.8, 4) is 0 Å². The van der Waals surface area contributed by atoms with E-state index in [2.05, 4.69) is 43.4 Å². The largest absolute Gasteiger partial charge is 0.314 e. The quantitative estimate of drug-likeness (QED) is 0.877. The van der Waals surface area contributed by atoms with Crippen molar-refractivity contribution in [3.05, 3.63) is 16.6 Å². The predicted octanol–water partition coefficient (Wildman–Crippen LogP) is 4.13. The van der Waals surface area contributed by atoms with Gasteiger partial charge >= 0.3 is 0 Å². The van der Waals surface area contributed by atoms with Gasteiger partial charge in [-0.2, -0.15) is 0 Å². The molecule has 1 saturated carbocycles. The number of rotatable bonds is 5. The summed E-state index contributed by atoms with van der Waals surface area (Å²) in [7, 11) is 0. The smallest absolute Gasteiger partial charge is 0.0930 e. The van der Waals surface area contributed by atoms with Gasteiger partial charge in [0.05, 0.1) is 5.01 Å². The summed E-state index contributed by atoms with van der Waals surface area (Å²) in [5, 5.41) is 7.12. The van der Waals surface area contributed by atoms with E-state index in [0.717, 1.165) is 24.8 Å².